The zero-order valence-electron chi connectivity index (χ0n) is 18.7. The molecule has 0 radical (unpaired) electrons. The molecule has 1 aliphatic rings. The van der Waals surface area contributed by atoms with Crippen molar-refractivity contribution in [2.24, 2.45) is 12.8 Å². The van der Waals surface area contributed by atoms with E-state index >= 15 is 0 Å². The first-order valence-electron chi connectivity index (χ1n) is 10.5. The molecule has 0 spiro atoms. The molecule has 3 heterocycles. The van der Waals surface area contributed by atoms with Crippen molar-refractivity contribution in [3.8, 4) is 11.5 Å². The van der Waals surface area contributed by atoms with Crippen molar-refractivity contribution in [3.05, 3.63) is 47.2 Å². The number of benzene rings is 1. The number of nitrogens with two attached hydrogens (primary N) is 1. The first kappa shape index (κ1) is 21.6. The lowest BCUT2D eigenvalue weighted by Gasteiger charge is -2.35. The minimum atomic E-state index is -0.563. The Bertz CT molecular complexity index is 1200. The van der Waals surface area contributed by atoms with E-state index in [-0.39, 0.29) is 11.9 Å². The number of carbonyl (C=O) groups excluding carboxylic acids is 2. The van der Waals surface area contributed by atoms with Crippen molar-refractivity contribution in [2.45, 2.75) is 32.2 Å². The van der Waals surface area contributed by atoms with Gasteiger partial charge in [0.1, 0.15) is 5.69 Å². The van der Waals surface area contributed by atoms with Gasteiger partial charge in [0, 0.05) is 31.2 Å². The molecule has 0 bridgehead atoms. The molecule has 0 saturated carbocycles. The number of aryl methyl sites for hydroxylation is 2. The number of piperidine rings is 1. The second-order valence-electron chi connectivity index (χ2n) is 7.96. The Labute approximate surface area is 186 Å². The molecule has 3 aromatic rings. The van der Waals surface area contributed by atoms with Crippen molar-refractivity contribution < 1.29 is 19.1 Å². The summed E-state index contributed by atoms with van der Waals surface area (Å²) in [4.78, 5) is 35.9. The highest BCUT2D eigenvalue weighted by atomic mass is 16.5. The Hall–Kier alpha value is -3.62. The van der Waals surface area contributed by atoms with E-state index in [0.717, 1.165) is 30.2 Å². The van der Waals surface area contributed by atoms with Gasteiger partial charge in [0.25, 0.3) is 11.8 Å². The van der Waals surface area contributed by atoms with E-state index in [1.165, 1.54) is 6.20 Å². The first-order chi connectivity index (χ1) is 15.3. The van der Waals surface area contributed by atoms with Crippen LogP contribution in [0, 0.1) is 6.92 Å². The summed E-state index contributed by atoms with van der Waals surface area (Å²) in [7, 11) is 5.04. The number of aromatic nitrogens is 3. The van der Waals surface area contributed by atoms with Crippen LogP contribution in [0.1, 0.15) is 57.7 Å². The fourth-order valence-electron chi connectivity index (χ4n) is 4.35. The standard InChI is InChI=1S/C23H27N5O4/c1-13-15(21(24)29)12-25-22(26-13)16-7-5-6-8-28(16)23(30)18-9-14-10-19(31-3)20(32-4)11-17(14)27(18)2/h9-12,16H,5-8H2,1-4H3,(H2,24,29)/t16-/m0/s1. The molecule has 168 valence electrons. The van der Waals surface area contributed by atoms with E-state index < -0.39 is 5.91 Å². The molecule has 1 fully saturated rings. The number of fused-ring (bicyclic) bond motifs is 1. The summed E-state index contributed by atoms with van der Waals surface area (Å²) in [6.07, 6.45) is 4.09. The van der Waals surface area contributed by atoms with E-state index in [9.17, 15) is 9.59 Å². The quantitative estimate of drug-likeness (QED) is 0.657. The van der Waals surface area contributed by atoms with E-state index in [2.05, 4.69) is 9.97 Å². The number of likely N-dealkylation sites (tertiary alicyclic amines) is 1. The van der Waals surface area contributed by atoms with Crippen LogP contribution in [0.15, 0.2) is 24.4 Å². The average molecular weight is 438 g/mol. The predicted molar refractivity (Wildman–Crippen MR) is 119 cm³/mol. The number of primary amides is 1. The Morgan fingerprint density at radius 2 is 1.84 bits per heavy atom. The number of methoxy groups -OCH3 is 2. The number of amides is 2. The second kappa shape index (κ2) is 8.49. The van der Waals surface area contributed by atoms with Gasteiger partial charge in [0.2, 0.25) is 0 Å². The molecule has 1 saturated heterocycles. The summed E-state index contributed by atoms with van der Waals surface area (Å²) in [5.74, 6) is 1.09. The molecule has 9 nitrogen and oxygen atoms in total. The molecule has 9 heteroatoms. The number of hydrogen-bond donors (Lipinski definition) is 1. The maximum atomic E-state index is 13.7. The van der Waals surface area contributed by atoms with E-state index in [4.69, 9.17) is 15.2 Å². The van der Waals surface area contributed by atoms with Crippen LogP contribution in [0.2, 0.25) is 0 Å². The van der Waals surface area contributed by atoms with Gasteiger partial charge >= 0.3 is 0 Å². The van der Waals surface area contributed by atoms with Gasteiger partial charge in [0.05, 0.1) is 37.0 Å². The number of nitrogens with zero attached hydrogens (tertiary/aromatic N) is 4. The maximum absolute atomic E-state index is 13.7. The smallest absolute Gasteiger partial charge is 0.271 e. The summed E-state index contributed by atoms with van der Waals surface area (Å²) in [6.45, 7) is 2.34. The van der Waals surface area contributed by atoms with Crippen LogP contribution in [0.3, 0.4) is 0 Å². The Kier molecular flexibility index (Phi) is 5.73. The van der Waals surface area contributed by atoms with Crippen LogP contribution in [0.5, 0.6) is 11.5 Å². The number of carbonyl (C=O) groups is 2. The molecule has 4 rings (SSSR count). The van der Waals surface area contributed by atoms with Gasteiger partial charge in [-0.1, -0.05) is 0 Å². The minimum Gasteiger partial charge on any atom is -0.493 e. The van der Waals surface area contributed by atoms with E-state index in [1.807, 2.05) is 34.7 Å². The van der Waals surface area contributed by atoms with Gasteiger partial charge < -0.3 is 24.7 Å². The van der Waals surface area contributed by atoms with Crippen molar-refractivity contribution in [1.29, 1.82) is 0 Å². The van der Waals surface area contributed by atoms with Gasteiger partial charge in [-0.25, -0.2) is 9.97 Å². The molecule has 0 aliphatic carbocycles. The molecule has 0 unspecified atom stereocenters. The fourth-order valence-corrected chi connectivity index (χ4v) is 4.35. The largest absolute Gasteiger partial charge is 0.493 e. The molecule has 1 atom stereocenters. The van der Waals surface area contributed by atoms with Crippen LogP contribution < -0.4 is 15.2 Å². The molecule has 1 aliphatic heterocycles. The summed E-state index contributed by atoms with van der Waals surface area (Å²) >= 11 is 0. The molecular formula is C23H27N5O4. The van der Waals surface area contributed by atoms with Gasteiger partial charge in [0.15, 0.2) is 17.3 Å². The molecular weight excluding hydrogens is 410 g/mol. The lowest BCUT2D eigenvalue weighted by molar-refractivity contribution is 0.0589. The zero-order chi connectivity index (χ0) is 23.0. The summed E-state index contributed by atoms with van der Waals surface area (Å²) in [5.41, 5.74) is 7.63. The third-order valence-corrected chi connectivity index (χ3v) is 6.09. The van der Waals surface area contributed by atoms with E-state index in [1.54, 1.807) is 21.1 Å². The summed E-state index contributed by atoms with van der Waals surface area (Å²) in [6, 6.07) is 5.34. The normalized spacial score (nSPS) is 16.2. The molecule has 1 aromatic carbocycles. The van der Waals surface area contributed by atoms with Crippen molar-refractivity contribution in [3.63, 3.8) is 0 Å². The predicted octanol–water partition coefficient (Wildman–Crippen LogP) is 2.76. The van der Waals surface area contributed by atoms with Crippen LogP contribution in [-0.4, -0.2) is 52.0 Å². The Balaban J connectivity index is 1.72. The van der Waals surface area contributed by atoms with Crippen LogP contribution in [-0.2, 0) is 7.05 Å². The summed E-state index contributed by atoms with van der Waals surface area (Å²) < 4.78 is 12.7. The second-order valence-corrected chi connectivity index (χ2v) is 7.96. The summed E-state index contributed by atoms with van der Waals surface area (Å²) in [5, 5.41) is 0.889. The van der Waals surface area contributed by atoms with Crippen molar-refractivity contribution >= 4 is 22.7 Å². The molecule has 2 aromatic heterocycles. The van der Waals surface area contributed by atoms with Gasteiger partial charge in [-0.05, 0) is 38.3 Å². The highest BCUT2D eigenvalue weighted by molar-refractivity contribution is 5.99. The highest BCUT2D eigenvalue weighted by Gasteiger charge is 2.32. The van der Waals surface area contributed by atoms with Crippen molar-refractivity contribution in [1.82, 2.24) is 19.4 Å². The number of ether oxygens (including phenoxy) is 2. The first-order valence-corrected chi connectivity index (χ1v) is 10.5. The Morgan fingerprint density at radius 3 is 2.50 bits per heavy atom. The monoisotopic (exact) mass is 437 g/mol. The van der Waals surface area contributed by atoms with Gasteiger partial charge in [-0.2, -0.15) is 0 Å². The SMILES string of the molecule is COc1cc2cc(C(=O)N3CCCC[C@H]3c3ncc(C(N)=O)c(C)n3)n(C)c2cc1OC. The zero-order valence-corrected chi connectivity index (χ0v) is 18.7. The van der Waals surface area contributed by atoms with Crippen LogP contribution in [0.25, 0.3) is 10.9 Å². The Morgan fingerprint density at radius 1 is 1.12 bits per heavy atom. The number of rotatable bonds is 5. The lowest BCUT2D eigenvalue weighted by Crippen LogP contribution is -2.40. The minimum absolute atomic E-state index is 0.0911. The third kappa shape index (κ3) is 3.63. The molecule has 32 heavy (non-hydrogen) atoms. The maximum Gasteiger partial charge on any atom is 0.271 e. The van der Waals surface area contributed by atoms with Gasteiger partial charge in [-0.15, -0.1) is 0 Å². The number of hydrogen-bond acceptors (Lipinski definition) is 6. The molecule has 2 amide bonds. The third-order valence-electron chi connectivity index (χ3n) is 6.09. The van der Waals surface area contributed by atoms with Crippen molar-refractivity contribution in [2.75, 3.05) is 20.8 Å². The fraction of sp³-hybridized carbons (Fsp3) is 0.391. The highest BCUT2D eigenvalue weighted by Crippen LogP contribution is 2.35. The van der Waals surface area contributed by atoms with Gasteiger partial charge in [-0.3, -0.25) is 9.59 Å². The van der Waals surface area contributed by atoms with E-state index in [0.29, 0.717) is 40.8 Å². The van der Waals surface area contributed by atoms with Crippen LogP contribution >= 0.6 is 0 Å². The molecule has 2 N–H and O–H groups in total. The van der Waals surface area contributed by atoms with Crippen LogP contribution in [0.4, 0.5) is 0 Å². The topological polar surface area (TPSA) is 113 Å². The lowest BCUT2D eigenvalue weighted by atomic mass is 10.0. The average Bonchev–Trinajstić information content (AvgIpc) is 3.12.